The zero-order valence-corrected chi connectivity index (χ0v) is 17.3. The predicted octanol–water partition coefficient (Wildman–Crippen LogP) is 6.88. The molecule has 0 radical (unpaired) electrons. The van der Waals surface area contributed by atoms with Crippen LogP contribution in [0.3, 0.4) is 0 Å². The monoisotopic (exact) mass is 390 g/mol. The van der Waals surface area contributed by atoms with Gasteiger partial charge in [-0.1, -0.05) is 70.9 Å². The van der Waals surface area contributed by atoms with Gasteiger partial charge in [0.1, 0.15) is 0 Å². The number of rotatable bonds is 18. The van der Waals surface area contributed by atoms with E-state index in [0.717, 1.165) is 51.4 Å². The zero-order chi connectivity index (χ0) is 20.6. The summed E-state index contributed by atoms with van der Waals surface area (Å²) in [4.78, 5) is 11.1. The Bertz CT molecular complexity index is 410. The van der Waals surface area contributed by atoms with E-state index < -0.39 is 17.5 Å². The van der Waals surface area contributed by atoms with Crippen molar-refractivity contribution in [1.82, 2.24) is 0 Å². The van der Waals surface area contributed by atoms with Gasteiger partial charge in [0.15, 0.2) is 5.60 Å². The fourth-order valence-corrected chi connectivity index (χ4v) is 3.22. The minimum absolute atomic E-state index is 0.0146. The molecule has 0 aliphatic heterocycles. The van der Waals surface area contributed by atoms with Crippen molar-refractivity contribution in [2.45, 2.75) is 122 Å². The first-order valence-electron chi connectivity index (χ1n) is 10.8. The van der Waals surface area contributed by atoms with Crippen LogP contribution in [0.25, 0.3) is 0 Å². The first-order chi connectivity index (χ1) is 12.8. The van der Waals surface area contributed by atoms with Gasteiger partial charge < -0.3 is 10.2 Å². The van der Waals surface area contributed by atoms with E-state index in [2.05, 4.69) is 6.92 Å². The van der Waals surface area contributed by atoms with Crippen molar-refractivity contribution in [3.05, 3.63) is 12.2 Å². The molecule has 0 fully saturated rings. The molecule has 0 heterocycles. The Hall–Kier alpha value is -0.970. The van der Waals surface area contributed by atoms with Crippen molar-refractivity contribution in [3.8, 4) is 0 Å². The molecule has 0 spiro atoms. The molecule has 0 aromatic heterocycles. The second kappa shape index (κ2) is 15.0. The Kier molecular flexibility index (Phi) is 14.5. The van der Waals surface area contributed by atoms with Gasteiger partial charge in [-0.05, 0) is 32.1 Å². The van der Waals surface area contributed by atoms with E-state index in [0.29, 0.717) is 19.3 Å². The first kappa shape index (κ1) is 26.0. The van der Waals surface area contributed by atoms with Gasteiger partial charge in [-0.2, -0.15) is 0 Å². The fraction of sp³-hybridized carbons (Fsp3) is 0.864. The van der Waals surface area contributed by atoms with Gasteiger partial charge in [0, 0.05) is 19.3 Å². The lowest BCUT2D eigenvalue weighted by atomic mass is 9.94. The number of hydrogen-bond donors (Lipinski definition) is 2. The Balaban J connectivity index is 3.74. The van der Waals surface area contributed by atoms with Gasteiger partial charge in [-0.15, -0.1) is 0 Å². The molecule has 0 bridgehead atoms. The number of unbranched alkanes of at least 4 members (excludes halogenated alkanes) is 8. The highest BCUT2D eigenvalue weighted by Crippen LogP contribution is 2.28. The highest BCUT2D eigenvalue weighted by Gasteiger charge is 2.33. The summed E-state index contributed by atoms with van der Waals surface area (Å²) in [5, 5.41) is 19.1. The van der Waals surface area contributed by atoms with Crippen LogP contribution in [0.15, 0.2) is 12.2 Å². The summed E-state index contributed by atoms with van der Waals surface area (Å²) in [6.07, 6.45) is 13.4. The minimum Gasteiger partial charge on any atom is -0.479 e. The lowest BCUT2D eigenvalue weighted by molar-refractivity contribution is -0.158. The van der Waals surface area contributed by atoms with Gasteiger partial charge >= 0.3 is 5.97 Å². The largest absolute Gasteiger partial charge is 0.479 e. The van der Waals surface area contributed by atoms with E-state index in [1.165, 1.54) is 0 Å². The van der Waals surface area contributed by atoms with E-state index in [1.807, 2.05) is 13.0 Å². The zero-order valence-electron chi connectivity index (χ0n) is 17.3. The van der Waals surface area contributed by atoms with Crippen LogP contribution in [0.5, 0.6) is 0 Å². The van der Waals surface area contributed by atoms with Gasteiger partial charge in [0.2, 0.25) is 5.92 Å². The summed E-state index contributed by atoms with van der Waals surface area (Å²) in [6.45, 7) is 3.96. The van der Waals surface area contributed by atoms with Crippen LogP contribution in [0.2, 0.25) is 0 Å². The number of allylic oxidation sites excluding steroid dienone is 1. The number of aliphatic carboxylic acids is 1. The highest BCUT2D eigenvalue weighted by atomic mass is 19.3. The minimum atomic E-state index is -2.52. The summed E-state index contributed by atoms with van der Waals surface area (Å²) >= 11 is 0. The SMILES string of the molecule is CCCCCCCC(F)(F)CCCCCCC=CCC(O)(CCC)C(=O)O. The molecule has 0 amide bonds. The molecule has 0 aromatic rings. The summed E-state index contributed by atoms with van der Waals surface area (Å²) in [5.74, 6) is -3.70. The predicted molar refractivity (Wildman–Crippen MR) is 107 cm³/mol. The standard InChI is InChI=1S/C22H40F2O3/c1-3-5-6-10-14-18-22(23,24)19-15-12-9-7-8-11-13-17-21(27,16-4-2)20(25)26/h11,13,27H,3-10,12,14-19H2,1-2H3,(H,25,26). The average molecular weight is 391 g/mol. The molecular formula is C22H40F2O3. The van der Waals surface area contributed by atoms with Crippen LogP contribution in [0, 0.1) is 0 Å². The number of hydrogen-bond acceptors (Lipinski definition) is 2. The number of aliphatic hydroxyl groups is 1. The van der Waals surface area contributed by atoms with E-state index in [1.54, 1.807) is 6.08 Å². The van der Waals surface area contributed by atoms with Gasteiger partial charge in [-0.3, -0.25) is 0 Å². The Morgan fingerprint density at radius 3 is 1.89 bits per heavy atom. The third-order valence-electron chi connectivity index (χ3n) is 4.99. The van der Waals surface area contributed by atoms with Crippen molar-refractivity contribution >= 4 is 5.97 Å². The molecule has 27 heavy (non-hydrogen) atoms. The molecule has 2 N–H and O–H groups in total. The fourth-order valence-electron chi connectivity index (χ4n) is 3.22. The second-order valence-electron chi connectivity index (χ2n) is 7.74. The Morgan fingerprint density at radius 2 is 1.37 bits per heavy atom. The molecule has 0 saturated carbocycles. The Morgan fingerprint density at radius 1 is 0.815 bits per heavy atom. The normalized spacial score (nSPS) is 14.6. The summed E-state index contributed by atoms with van der Waals surface area (Å²) in [6, 6.07) is 0. The van der Waals surface area contributed by atoms with E-state index in [4.69, 9.17) is 5.11 Å². The maximum absolute atomic E-state index is 13.8. The quantitative estimate of drug-likeness (QED) is 0.198. The molecular weight excluding hydrogens is 350 g/mol. The number of halogens is 2. The lowest BCUT2D eigenvalue weighted by Gasteiger charge is -2.20. The Labute approximate surface area is 164 Å². The molecule has 1 atom stereocenters. The van der Waals surface area contributed by atoms with Crippen LogP contribution in [0.1, 0.15) is 110 Å². The van der Waals surface area contributed by atoms with Crippen molar-refractivity contribution in [3.63, 3.8) is 0 Å². The van der Waals surface area contributed by atoms with Gasteiger partial charge in [0.05, 0.1) is 0 Å². The maximum atomic E-state index is 13.8. The first-order valence-corrected chi connectivity index (χ1v) is 10.8. The maximum Gasteiger partial charge on any atom is 0.335 e. The number of carbonyl (C=O) groups is 1. The van der Waals surface area contributed by atoms with Crippen molar-refractivity contribution in [1.29, 1.82) is 0 Å². The molecule has 5 heteroatoms. The molecule has 1 unspecified atom stereocenters. The van der Waals surface area contributed by atoms with Gasteiger partial charge in [0.25, 0.3) is 0 Å². The molecule has 160 valence electrons. The molecule has 0 rings (SSSR count). The average Bonchev–Trinajstić information content (AvgIpc) is 2.60. The smallest absolute Gasteiger partial charge is 0.335 e. The van der Waals surface area contributed by atoms with Crippen LogP contribution in [-0.2, 0) is 4.79 Å². The second-order valence-corrected chi connectivity index (χ2v) is 7.74. The molecule has 0 aromatic carbocycles. The van der Waals surface area contributed by atoms with Crippen LogP contribution < -0.4 is 0 Å². The number of carboxylic acids is 1. The summed E-state index contributed by atoms with van der Waals surface area (Å²) in [7, 11) is 0. The number of carboxylic acid groups (broad SMARTS) is 1. The van der Waals surface area contributed by atoms with Crippen LogP contribution >= 0.6 is 0 Å². The molecule has 3 nitrogen and oxygen atoms in total. The molecule has 0 aliphatic carbocycles. The van der Waals surface area contributed by atoms with Crippen molar-refractivity contribution in [2.24, 2.45) is 0 Å². The van der Waals surface area contributed by atoms with E-state index in [9.17, 15) is 18.7 Å². The van der Waals surface area contributed by atoms with Crippen LogP contribution in [0.4, 0.5) is 8.78 Å². The third kappa shape index (κ3) is 13.8. The molecule has 0 aliphatic rings. The molecule has 0 saturated heterocycles. The summed E-state index contributed by atoms with van der Waals surface area (Å²) < 4.78 is 27.5. The van der Waals surface area contributed by atoms with E-state index in [-0.39, 0.29) is 25.7 Å². The lowest BCUT2D eigenvalue weighted by Crippen LogP contribution is -2.37. The van der Waals surface area contributed by atoms with E-state index >= 15 is 0 Å². The van der Waals surface area contributed by atoms with Crippen LogP contribution in [-0.4, -0.2) is 27.7 Å². The number of alkyl halides is 2. The van der Waals surface area contributed by atoms with Crippen molar-refractivity contribution < 1.29 is 23.8 Å². The third-order valence-corrected chi connectivity index (χ3v) is 4.99. The summed E-state index contributed by atoms with van der Waals surface area (Å²) in [5.41, 5.74) is -1.67. The van der Waals surface area contributed by atoms with Gasteiger partial charge in [-0.25, -0.2) is 13.6 Å². The topological polar surface area (TPSA) is 57.5 Å². The highest BCUT2D eigenvalue weighted by molar-refractivity contribution is 5.77. The van der Waals surface area contributed by atoms with Crippen molar-refractivity contribution in [2.75, 3.05) is 0 Å².